The zero-order chi connectivity index (χ0) is 38.6. The van der Waals surface area contributed by atoms with Gasteiger partial charge in [0.15, 0.2) is 17.5 Å². The molecular weight excluding hydrogens is 741 g/mol. The van der Waals surface area contributed by atoms with E-state index in [1.807, 2.05) is 18.2 Å². The topological polar surface area (TPSA) is 56.7 Å². The van der Waals surface area contributed by atoms with Crippen LogP contribution in [0.5, 0.6) is 0 Å². The van der Waals surface area contributed by atoms with Crippen LogP contribution in [0.3, 0.4) is 0 Å². The second-order valence-corrected chi connectivity index (χ2v) is 16.3. The molecule has 0 atom stereocenters. The maximum Gasteiger partial charge on any atom is 0.164 e. The van der Waals surface area contributed by atoms with Gasteiger partial charge in [-0.1, -0.05) is 127 Å². The van der Waals surface area contributed by atoms with Gasteiger partial charge in [0.05, 0.1) is 16.7 Å². The first-order valence-corrected chi connectivity index (χ1v) is 20.6. The second kappa shape index (κ2) is 12.4. The number of rotatable bonds is 4. The number of thiophene rings is 1. The Morgan fingerprint density at radius 1 is 0.373 bits per heavy atom. The third-order valence-corrected chi connectivity index (χ3v) is 12.9. The molecule has 0 aliphatic rings. The monoisotopic (exact) mass is 770 g/mol. The van der Waals surface area contributed by atoms with Crippen LogP contribution in [0, 0.1) is 0 Å². The fraction of sp³-hybridized carbons (Fsp3) is 0. The Hall–Kier alpha value is -7.67. The minimum Gasteiger partial charge on any atom is -0.455 e. The van der Waals surface area contributed by atoms with Crippen molar-refractivity contribution in [2.45, 2.75) is 0 Å². The summed E-state index contributed by atoms with van der Waals surface area (Å²) in [5, 5.41) is 11.6. The molecule has 6 heteroatoms. The summed E-state index contributed by atoms with van der Waals surface area (Å²) in [4.78, 5) is 15.4. The Morgan fingerprint density at radius 2 is 1.00 bits per heavy atom. The smallest absolute Gasteiger partial charge is 0.164 e. The SMILES string of the molecule is c1ccc(-c2nc(-c3ccc4c(c3)sc3ccccc34)nc(-c3ccc4oc5c6ccccc6c(-n6c7ccccc7c7cc8ccccc8cc76)cc5c4c3)n2)cc1. The van der Waals surface area contributed by atoms with Crippen LogP contribution in [-0.2, 0) is 0 Å². The Bertz CT molecular complexity index is 3860. The number of para-hydroxylation sites is 1. The molecule has 0 fully saturated rings. The van der Waals surface area contributed by atoms with Crippen molar-refractivity contribution in [3.63, 3.8) is 0 Å². The van der Waals surface area contributed by atoms with Gasteiger partial charge in [0, 0.05) is 69.2 Å². The molecule has 0 unspecified atom stereocenters. The van der Waals surface area contributed by atoms with Crippen molar-refractivity contribution >= 4 is 96.8 Å². The number of furan rings is 1. The summed E-state index contributed by atoms with van der Waals surface area (Å²) in [5.74, 6) is 1.88. The zero-order valence-electron chi connectivity index (χ0n) is 31.4. The molecule has 59 heavy (non-hydrogen) atoms. The average Bonchev–Trinajstić information content (AvgIpc) is 3.97. The highest BCUT2D eigenvalue weighted by Crippen LogP contribution is 2.43. The summed E-state index contributed by atoms with van der Waals surface area (Å²) in [6.45, 7) is 0. The van der Waals surface area contributed by atoms with Crippen LogP contribution in [0.4, 0.5) is 0 Å². The molecule has 0 saturated heterocycles. The third kappa shape index (κ3) is 4.94. The lowest BCUT2D eigenvalue weighted by atomic mass is 10.0. The molecule has 0 aliphatic heterocycles. The van der Waals surface area contributed by atoms with Crippen LogP contribution in [0.25, 0.3) is 125 Å². The Balaban J connectivity index is 1.04. The van der Waals surface area contributed by atoms with Gasteiger partial charge < -0.3 is 8.98 Å². The quantitative estimate of drug-likeness (QED) is 0.179. The highest BCUT2D eigenvalue weighted by atomic mass is 32.1. The highest BCUT2D eigenvalue weighted by molar-refractivity contribution is 7.25. The first kappa shape index (κ1) is 32.4. The van der Waals surface area contributed by atoms with E-state index >= 15 is 0 Å². The molecule has 5 nitrogen and oxygen atoms in total. The van der Waals surface area contributed by atoms with Crippen LogP contribution in [0.2, 0.25) is 0 Å². The Kier molecular flexibility index (Phi) is 6.82. The third-order valence-electron chi connectivity index (χ3n) is 11.8. The van der Waals surface area contributed by atoms with Gasteiger partial charge in [-0.2, -0.15) is 0 Å². The van der Waals surface area contributed by atoms with Gasteiger partial charge in [0.2, 0.25) is 0 Å². The molecule has 4 heterocycles. The maximum atomic E-state index is 6.75. The largest absolute Gasteiger partial charge is 0.455 e. The number of nitrogens with zero attached hydrogens (tertiary/aromatic N) is 4. The van der Waals surface area contributed by atoms with E-state index in [4.69, 9.17) is 19.4 Å². The van der Waals surface area contributed by atoms with E-state index < -0.39 is 0 Å². The summed E-state index contributed by atoms with van der Waals surface area (Å²) in [5.41, 5.74) is 7.89. The van der Waals surface area contributed by atoms with Crippen LogP contribution in [0.15, 0.2) is 186 Å². The van der Waals surface area contributed by atoms with E-state index in [-0.39, 0.29) is 0 Å². The molecule has 0 aliphatic carbocycles. The molecule has 274 valence electrons. The number of fused-ring (bicyclic) bond motifs is 12. The minimum atomic E-state index is 0.608. The van der Waals surface area contributed by atoms with Crippen molar-refractivity contribution in [1.82, 2.24) is 19.5 Å². The second-order valence-electron chi connectivity index (χ2n) is 15.2. The van der Waals surface area contributed by atoms with Crippen molar-refractivity contribution in [3.8, 4) is 39.9 Å². The molecule has 4 aromatic heterocycles. The number of hydrogen-bond donors (Lipinski definition) is 0. The normalized spacial score (nSPS) is 12.1. The Morgan fingerprint density at radius 3 is 1.83 bits per heavy atom. The van der Waals surface area contributed by atoms with Gasteiger partial charge in [0.25, 0.3) is 0 Å². The van der Waals surface area contributed by atoms with E-state index in [1.54, 1.807) is 11.3 Å². The van der Waals surface area contributed by atoms with Gasteiger partial charge in [0.1, 0.15) is 11.2 Å². The van der Waals surface area contributed by atoms with Gasteiger partial charge in [-0.3, -0.25) is 0 Å². The summed E-state index contributed by atoms with van der Waals surface area (Å²) in [6.07, 6.45) is 0. The first-order valence-electron chi connectivity index (χ1n) is 19.8. The van der Waals surface area contributed by atoms with Crippen LogP contribution in [-0.4, -0.2) is 19.5 Å². The fourth-order valence-electron chi connectivity index (χ4n) is 9.03. The number of hydrogen-bond acceptors (Lipinski definition) is 5. The van der Waals surface area contributed by atoms with Gasteiger partial charge >= 0.3 is 0 Å². The summed E-state index contributed by atoms with van der Waals surface area (Å²) >= 11 is 1.79. The lowest BCUT2D eigenvalue weighted by molar-refractivity contribution is 0.672. The van der Waals surface area contributed by atoms with Crippen molar-refractivity contribution in [2.24, 2.45) is 0 Å². The molecule has 0 saturated carbocycles. The van der Waals surface area contributed by atoms with Gasteiger partial charge in [-0.15, -0.1) is 11.3 Å². The minimum absolute atomic E-state index is 0.608. The maximum absolute atomic E-state index is 6.75. The molecule has 0 amide bonds. The number of aromatic nitrogens is 4. The van der Waals surface area contributed by atoms with Crippen LogP contribution < -0.4 is 0 Å². The lowest BCUT2D eigenvalue weighted by Crippen LogP contribution is -2.00. The summed E-state index contributed by atoms with van der Waals surface area (Å²) < 4.78 is 11.7. The van der Waals surface area contributed by atoms with E-state index in [9.17, 15) is 0 Å². The standard InChI is InChI=1S/C53H30N4OS/c1-2-12-31(13-3-1)51-54-52(56-53(55-51)35-22-24-39-38-18-9-11-21-48(38)59-49(39)29-35)34-23-25-47-42(27-34)43-30-46(36-16-6-7-19-40(36)50(43)58-47)57-44-20-10-8-17-37(44)41-26-32-14-4-5-15-33(32)28-45(41)57/h1-30H. The van der Waals surface area contributed by atoms with E-state index in [0.29, 0.717) is 17.5 Å². The molecule has 9 aromatic carbocycles. The average molecular weight is 771 g/mol. The van der Waals surface area contributed by atoms with E-state index in [1.165, 1.54) is 47.2 Å². The molecule has 0 N–H and O–H groups in total. The fourth-order valence-corrected chi connectivity index (χ4v) is 10.2. The first-order chi connectivity index (χ1) is 29.2. The highest BCUT2D eigenvalue weighted by Gasteiger charge is 2.21. The predicted molar refractivity (Wildman–Crippen MR) is 246 cm³/mol. The van der Waals surface area contributed by atoms with E-state index in [2.05, 4.69) is 168 Å². The molecule has 13 rings (SSSR count). The van der Waals surface area contributed by atoms with Crippen molar-refractivity contribution in [1.29, 1.82) is 0 Å². The summed E-state index contributed by atoms with van der Waals surface area (Å²) in [6, 6.07) is 64.5. The van der Waals surface area contributed by atoms with Gasteiger partial charge in [-0.25, -0.2) is 15.0 Å². The molecule has 13 aromatic rings. The number of benzene rings is 9. The van der Waals surface area contributed by atoms with Crippen LogP contribution >= 0.6 is 11.3 Å². The molecule has 0 bridgehead atoms. The van der Waals surface area contributed by atoms with E-state index in [0.717, 1.165) is 60.6 Å². The molecule has 0 spiro atoms. The van der Waals surface area contributed by atoms with Crippen LogP contribution in [0.1, 0.15) is 0 Å². The van der Waals surface area contributed by atoms with Crippen molar-refractivity contribution in [2.75, 3.05) is 0 Å². The molecule has 0 radical (unpaired) electrons. The van der Waals surface area contributed by atoms with Crippen molar-refractivity contribution < 1.29 is 4.42 Å². The summed E-state index contributed by atoms with van der Waals surface area (Å²) in [7, 11) is 0. The Labute approximate surface area is 341 Å². The molecular formula is C53H30N4OS. The van der Waals surface area contributed by atoms with Gasteiger partial charge in [-0.05, 0) is 65.4 Å². The predicted octanol–water partition coefficient (Wildman–Crippen LogP) is 14.5. The zero-order valence-corrected chi connectivity index (χ0v) is 32.2. The van der Waals surface area contributed by atoms with Crippen molar-refractivity contribution in [3.05, 3.63) is 182 Å². The lowest BCUT2D eigenvalue weighted by Gasteiger charge is -2.13.